The number of para-hydroxylation sites is 1. The summed E-state index contributed by atoms with van der Waals surface area (Å²) < 4.78 is 13.2. The van der Waals surface area contributed by atoms with Gasteiger partial charge in [0.2, 0.25) is 5.91 Å². The van der Waals surface area contributed by atoms with Crippen molar-refractivity contribution < 1.29 is 14.3 Å². The van der Waals surface area contributed by atoms with Crippen molar-refractivity contribution in [3.05, 3.63) is 70.5 Å². The Morgan fingerprint density at radius 3 is 2.55 bits per heavy atom. The van der Waals surface area contributed by atoms with E-state index >= 15 is 0 Å². The number of hydrogen-bond donors (Lipinski definition) is 1. The Kier molecular flexibility index (Phi) is 7.44. The van der Waals surface area contributed by atoms with E-state index in [2.05, 4.69) is 0 Å². The molecule has 0 radical (unpaired) electrons. The van der Waals surface area contributed by atoms with Gasteiger partial charge in [0.15, 0.2) is 0 Å². The van der Waals surface area contributed by atoms with Crippen LogP contribution in [0, 0.1) is 0 Å². The molecule has 2 N–H and O–H groups in total. The van der Waals surface area contributed by atoms with Gasteiger partial charge in [-0.25, -0.2) is 0 Å². The maximum Gasteiger partial charge on any atom is 0.255 e. The third-order valence-electron chi connectivity index (χ3n) is 5.28. The molecule has 0 aliphatic carbocycles. The van der Waals surface area contributed by atoms with Crippen LogP contribution in [0.4, 0.5) is 0 Å². The lowest BCUT2D eigenvalue weighted by Crippen LogP contribution is -2.41. The summed E-state index contributed by atoms with van der Waals surface area (Å²) in [7, 11) is 1.78. The first-order valence-corrected chi connectivity index (χ1v) is 10.4. The first-order chi connectivity index (χ1) is 14.9. The predicted octanol–water partition coefficient (Wildman–Crippen LogP) is 3.14. The van der Waals surface area contributed by atoms with Crippen LogP contribution < -0.4 is 16.0 Å². The smallest absolute Gasteiger partial charge is 0.255 e. The number of fused-ring (bicyclic) bond motifs is 1. The number of aromatic nitrogens is 1. The van der Waals surface area contributed by atoms with Gasteiger partial charge in [0, 0.05) is 31.3 Å². The monoisotopic (exact) mass is 423 g/mol. The molecule has 0 saturated carbocycles. The fraction of sp³-hybridized carbons (Fsp3) is 0.333. The van der Waals surface area contributed by atoms with Crippen molar-refractivity contribution in [3.63, 3.8) is 0 Å². The molecule has 0 aliphatic rings. The lowest BCUT2D eigenvalue weighted by molar-refractivity contribution is -0.122. The van der Waals surface area contributed by atoms with Crippen molar-refractivity contribution in [3.8, 4) is 11.5 Å². The molecule has 164 valence electrons. The van der Waals surface area contributed by atoms with Crippen LogP contribution in [-0.4, -0.2) is 41.7 Å². The number of primary amides is 1. The van der Waals surface area contributed by atoms with Gasteiger partial charge in [0.05, 0.1) is 18.2 Å². The van der Waals surface area contributed by atoms with Gasteiger partial charge in [0.1, 0.15) is 11.5 Å². The van der Waals surface area contributed by atoms with Gasteiger partial charge in [-0.3, -0.25) is 14.5 Å². The zero-order valence-electron chi connectivity index (χ0n) is 18.2. The summed E-state index contributed by atoms with van der Waals surface area (Å²) in [5.41, 5.74) is 6.66. The molecule has 1 amide bonds. The van der Waals surface area contributed by atoms with Crippen molar-refractivity contribution >= 4 is 16.8 Å². The lowest BCUT2D eigenvalue weighted by atomic mass is 10.1. The number of benzene rings is 2. The van der Waals surface area contributed by atoms with E-state index in [0.29, 0.717) is 37.6 Å². The minimum atomic E-state index is -0.478. The van der Waals surface area contributed by atoms with E-state index in [1.165, 1.54) is 0 Å². The Labute approximate surface area is 182 Å². The Balaban J connectivity index is 2.01. The number of hydrogen-bond acceptors (Lipinski definition) is 5. The van der Waals surface area contributed by atoms with Gasteiger partial charge in [-0.1, -0.05) is 18.2 Å². The maximum atomic E-state index is 13.3. The number of nitrogens with two attached hydrogens (primary N) is 1. The fourth-order valence-electron chi connectivity index (χ4n) is 3.36. The van der Waals surface area contributed by atoms with Crippen LogP contribution in [0.25, 0.3) is 10.9 Å². The second-order valence-electron chi connectivity index (χ2n) is 7.45. The predicted molar refractivity (Wildman–Crippen MR) is 121 cm³/mol. The number of carbonyl (C=O) groups excluding carboxylic acids is 1. The van der Waals surface area contributed by atoms with Crippen LogP contribution in [0.2, 0.25) is 0 Å². The van der Waals surface area contributed by atoms with Gasteiger partial charge >= 0.3 is 0 Å². The van der Waals surface area contributed by atoms with Crippen LogP contribution in [0.3, 0.4) is 0 Å². The van der Waals surface area contributed by atoms with Crippen molar-refractivity contribution in [1.29, 1.82) is 0 Å². The summed E-state index contributed by atoms with van der Waals surface area (Å²) in [6.45, 7) is 5.38. The summed E-state index contributed by atoms with van der Waals surface area (Å²) in [5, 5.41) is 0.909. The number of nitrogens with zero attached hydrogens (tertiary/aromatic N) is 2. The number of likely N-dealkylation sites (N-methyl/N-ethyl adjacent to an activating group) is 1. The number of rotatable bonds is 10. The minimum absolute atomic E-state index is 0.118. The first kappa shape index (κ1) is 22.5. The van der Waals surface area contributed by atoms with Gasteiger partial charge in [-0.2, -0.15) is 0 Å². The van der Waals surface area contributed by atoms with Crippen molar-refractivity contribution in [2.24, 2.45) is 5.73 Å². The highest BCUT2D eigenvalue weighted by molar-refractivity contribution is 5.81. The molecule has 1 aromatic heterocycles. The van der Waals surface area contributed by atoms with Crippen molar-refractivity contribution in [1.82, 2.24) is 9.47 Å². The van der Waals surface area contributed by atoms with Crippen LogP contribution in [-0.2, 0) is 22.6 Å². The van der Waals surface area contributed by atoms with E-state index < -0.39 is 11.9 Å². The lowest BCUT2D eigenvalue weighted by Gasteiger charge is -2.22. The number of pyridine rings is 1. The maximum absolute atomic E-state index is 13.3. The third kappa shape index (κ3) is 5.51. The average molecular weight is 424 g/mol. The molecule has 7 nitrogen and oxygen atoms in total. The molecule has 3 aromatic rings. The topological polar surface area (TPSA) is 86.8 Å². The molecule has 0 fully saturated rings. The Morgan fingerprint density at radius 2 is 1.87 bits per heavy atom. The van der Waals surface area contributed by atoms with Crippen molar-refractivity contribution in [2.75, 3.05) is 20.3 Å². The molecule has 0 aliphatic heterocycles. The molecule has 0 bridgehead atoms. The van der Waals surface area contributed by atoms with Crippen LogP contribution in [0.1, 0.15) is 19.4 Å². The first-order valence-electron chi connectivity index (χ1n) is 10.4. The van der Waals surface area contributed by atoms with E-state index in [1.54, 1.807) is 23.4 Å². The molecule has 0 saturated heterocycles. The average Bonchev–Trinajstić information content (AvgIpc) is 2.76. The fourth-order valence-corrected chi connectivity index (χ4v) is 3.36. The molecule has 7 heteroatoms. The summed E-state index contributed by atoms with van der Waals surface area (Å²) in [4.78, 5) is 26.6. The van der Waals surface area contributed by atoms with Gasteiger partial charge in [0.25, 0.3) is 5.56 Å². The van der Waals surface area contributed by atoms with E-state index in [4.69, 9.17) is 15.2 Å². The summed E-state index contributed by atoms with van der Waals surface area (Å²) in [5.74, 6) is 0.946. The van der Waals surface area contributed by atoms with E-state index in [-0.39, 0.29) is 5.56 Å². The summed E-state index contributed by atoms with van der Waals surface area (Å²) in [6.07, 6.45) is 0. The van der Waals surface area contributed by atoms with Crippen molar-refractivity contribution in [2.45, 2.75) is 33.0 Å². The number of amides is 1. The molecular formula is C24H29N3O4. The molecule has 2 aromatic carbocycles. The molecule has 31 heavy (non-hydrogen) atoms. The normalized spacial score (nSPS) is 12.3. The highest BCUT2D eigenvalue weighted by Gasteiger charge is 2.18. The van der Waals surface area contributed by atoms with Gasteiger partial charge < -0.3 is 19.8 Å². The quantitative estimate of drug-likeness (QED) is 0.506. The minimum Gasteiger partial charge on any atom is -0.457 e. The Bertz CT molecular complexity index is 1100. The Morgan fingerprint density at radius 1 is 1.13 bits per heavy atom. The van der Waals surface area contributed by atoms with Gasteiger partial charge in [-0.15, -0.1) is 0 Å². The molecule has 0 spiro atoms. The van der Waals surface area contributed by atoms with E-state index in [9.17, 15) is 9.59 Å². The zero-order valence-corrected chi connectivity index (χ0v) is 18.2. The van der Waals surface area contributed by atoms with Gasteiger partial charge in [-0.05, 0) is 56.6 Å². The molecule has 3 rings (SSSR count). The molecule has 0 unspecified atom stereocenters. The summed E-state index contributed by atoms with van der Waals surface area (Å²) >= 11 is 0. The highest BCUT2D eigenvalue weighted by atomic mass is 16.5. The SMILES string of the molecule is CCOCCn1c(=O)c(CN(C)[C@@H](C)C(N)=O)cc2ccc(Oc3ccccc3)cc21. The molecule has 1 atom stereocenters. The van der Waals surface area contributed by atoms with Crippen LogP contribution in [0.5, 0.6) is 11.5 Å². The number of carbonyl (C=O) groups is 1. The van der Waals surface area contributed by atoms with E-state index in [0.717, 1.165) is 16.7 Å². The third-order valence-corrected chi connectivity index (χ3v) is 5.28. The molecular weight excluding hydrogens is 394 g/mol. The standard InChI is InChI=1S/C24H29N3O4/c1-4-30-13-12-27-22-15-21(31-20-8-6-5-7-9-20)11-10-18(22)14-19(24(27)29)16-26(3)17(2)23(25)28/h5-11,14-15,17H,4,12-13,16H2,1-3H3,(H2,25,28)/t17-/m0/s1. The highest BCUT2D eigenvalue weighted by Crippen LogP contribution is 2.26. The largest absolute Gasteiger partial charge is 0.457 e. The Hall–Kier alpha value is -3.16. The molecule has 1 heterocycles. The van der Waals surface area contributed by atoms with Crippen LogP contribution >= 0.6 is 0 Å². The zero-order chi connectivity index (χ0) is 22.4. The van der Waals surface area contributed by atoms with E-state index in [1.807, 2.05) is 61.5 Å². The summed E-state index contributed by atoms with van der Waals surface area (Å²) in [6, 6.07) is 16.6. The second kappa shape index (κ2) is 10.2. The number of ether oxygens (including phenoxy) is 2. The van der Waals surface area contributed by atoms with Crippen LogP contribution in [0.15, 0.2) is 59.4 Å². The second-order valence-corrected chi connectivity index (χ2v) is 7.45.